The number of rotatable bonds is 8. The van der Waals surface area contributed by atoms with Crippen LogP contribution in [0.5, 0.6) is 23.0 Å². The van der Waals surface area contributed by atoms with Gasteiger partial charge in [-0.15, -0.1) is 0 Å². The Labute approximate surface area is 190 Å². The number of ether oxygens (including phenoxy) is 3. The number of fused-ring (bicyclic) bond motifs is 1. The van der Waals surface area contributed by atoms with Crippen molar-refractivity contribution in [2.75, 3.05) is 19.0 Å². The van der Waals surface area contributed by atoms with Crippen molar-refractivity contribution in [2.45, 2.75) is 13.3 Å². The van der Waals surface area contributed by atoms with Crippen molar-refractivity contribution in [3.8, 4) is 23.0 Å². The van der Waals surface area contributed by atoms with Crippen molar-refractivity contribution >= 4 is 22.6 Å². The number of carbonyl (C=O) groups is 1. The van der Waals surface area contributed by atoms with E-state index >= 15 is 0 Å². The third-order valence-electron chi connectivity index (χ3n) is 5.02. The second-order valence-corrected chi connectivity index (χ2v) is 7.22. The number of carbonyl (C=O) groups excluding carboxylic acids is 1. The van der Waals surface area contributed by atoms with Gasteiger partial charge in [0.05, 0.1) is 18.2 Å². The number of hydrogen-bond donors (Lipinski definition) is 1. The Morgan fingerprint density at radius 2 is 1.73 bits per heavy atom. The molecule has 168 valence electrons. The molecule has 0 aliphatic carbocycles. The number of amides is 1. The normalized spacial score (nSPS) is 10.6. The molecule has 0 fully saturated rings. The van der Waals surface area contributed by atoms with E-state index in [0.29, 0.717) is 33.9 Å². The first kappa shape index (κ1) is 22.0. The maximum Gasteiger partial charge on any atom is 0.262 e. The van der Waals surface area contributed by atoms with Gasteiger partial charge in [-0.05, 0) is 48.4 Å². The number of para-hydroxylation sites is 2. The molecule has 0 unspecified atom stereocenters. The Bertz CT molecular complexity index is 1330. The molecule has 0 radical (unpaired) electrons. The standard InChI is InChI=1S/C26H23NO6/c1-3-17-8-10-18(11-9-17)33-24-15-32-23-14-19(12-13-20(23)26(24)29)31-16-25(28)27-21-6-4-5-7-22(21)30-2/h4-15H,3,16H2,1-2H3,(H,27,28). The summed E-state index contributed by atoms with van der Waals surface area (Å²) in [7, 11) is 1.53. The third kappa shape index (κ3) is 5.15. The Balaban J connectivity index is 1.44. The molecule has 33 heavy (non-hydrogen) atoms. The summed E-state index contributed by atoms with van der Waals surface area (Å²) in [6.45, 7) is 1.85. The van der Waals surface area contributed by atoms with Crippen molar-refractivity contribution in [2.24, 2.45) is 0 Å². The molecule has 1 heterocycles. The van der Waals surface area contributed by atoms with Crippen LogP contribution in [0.4, 0.5) is 5.69 Å². The zero-order chi connectivity index (χ0) is 23.2. The van der Waals surface area contributed by atoms with Crippen LogP contribution in [0.1, 0.15) is 12.5 Å². The summed E-state index contributed by atoms with van der Waals surface area (Å²) in [4.78, 5) is 25.0. The molecule has 4 aromatic rings. The van der Waals surface area contributed by atoms with E-state index in [4.69, 9.17) is 18.6 Å². The van der Waals surface area contributed by atoms with E-state index < -0.39 is 0 Å². The van der Waals surface area contributed by atoms with E-state index in [-0.39, 0.29) is 23.7 Å². The Morgan fingerprint density at radius 3 is 2.48 bits per heavy atom. The smallest absolute Gasteiger partial charge is 0.262 e. The molecule has 3 aromatic carbocycles. The van der Waals surface area contributed by atoms with Crippen LogP contribution in [-0.4, -0.2) is 19.6 Å². The average molecular weight is 445 g/mol. The van der Waals surface area contributed by atoms with E-state index in [1.165, 1.54) is 18.9 Å². The topological polar surface area (TPSA) is 87.0 Å². The molecule has 7 heteroatoms. The van der Waals surface area contributed by atoms with E-state index in [2.05, 4.69) is 12.2 Å². The van der Waals surface area contributed by atoms with Crippen LogP contribution >= 0.6 is 0 Å². The van der Waals surface area contributed by atoms with E-state index in [1.807, 2.05) is 30.3 Å². The van der Waals surface area contributed by atoms with Gasteiger partial charge in [-0.3, -0.25) is 9.59 Å². The minimum atomic E-state index is -0.348. The molecular weight excluding hydrogens is 422 g/mol. The SMILES string of the molecule is CCc1ccc(Oc2coc3cc(OCC(=O)Nc4ccccc4OC)ccc3c2=O)cc1. The highest BCUT2D eigenvalue weighted by Gasteiger charge is 2.12. The summed E-state index contributed by atoms with van der Waals surface area (Å²) in [5.41, 5.74) is 1.76. The molecule has 0 bridgehead atoms. The molecule has 0 atom stereocenters. The van der Waals surface area contributed by atoms with Crippen molar-refractivity contribution in [3.05, 3.63) is 88.8 Å². The highest BCUT2D eigenvalue weighted by Crippen LogP contribution is 2.25. The molecule has 1 N–H and O–H groups in total. The fraction of sp³-hybridized carbons (Fsp3) is 0.154. The Hall–Kier alpha value is -4.26. The first-order chi connectivity index (χ1) is 16.1. The van der Waals surface area contributed by atoms with Crippen molar-refractivity contribution in [1.82, 2.24) is 0 Å². The second kappa shape index (κ2) is 9.91. The lowest BCUT2D eigenvalue weighted by molar-refractivity contribution is -0.118. The van der Waals surface area contributed by atoms with E-state index in [1.54, 1.807) is 36.4 Å². The first-order valence-corrected chi connectivity index (χ1v) is 10.5. The maximum absolute atomic E-state index is 12.8. The molecule has 0 aliphatic rings. The fourth-order valence-corrected chi connectivity index (χ4v) is 3.25. The molecule has 0 saturated heterocycles. The number of methoxy groups -OCH3 is 1. The lowest BCUT2D eigenvalue weighted by atomic mass is 10.2. The van der Waals surface area contributed by atoms with Gasteiger partial charge >= 0.3 is 0 Å². The zero-order valence-electron chi connectivity index (χ0n) is 18.3. The van der Waals surface area contributed by atoms with Gasteiger partial charge in [0.2, 0.25) is 11.2 Å². The number of aryl methyl sites for hydroxylation is 1. The predicted molar refractivity (Wildman–Crippen MR) is 125 cm³/mol. The van der Waals surface area contributed by atoms with Crippen LogP contribution in [0.2, 0.25) is 0 Å². The number of anilines is 1. The third-order valence-corrected chi connectivity index (χ3v) is 5.02. The molecule has 7 nitrogen and oxygen atoms in total. The van der Waals surface area contributed by atoms with Crippen molar-refractivity contribution in [1.29, 1.82) is 0 Å². The van der Waals surface area contributed by atoms with Gasteiger partial charge < -0.3 is 23.9 Å². The van der Waals surface area contributed by atoms with Crippen LogP contribution in [0, 0.1) is 0 Å². The van der Waals surface area contributed by atoms with Gasteiger partial charge in [0, 0.05) is 6.07 Å². The average Bonchev–Trinajstić information content (AvgIpc) is 2.85. The summed E-state index contributed by atoms with van der Waals surface area (Å²) in [6, 6.07) is 19.4. The summed E-state index contributed by atoms with van der Waals surface area (Å²) in [5.74, 6) is 1.25. The first-order valence-electron chi connectivity index (χ1n) is 10.5. The molecule has 1 amide bonds. The monoisotopic (exact) mass is 445 g/mol. The largest absolute Gasteiger partial charge is 0.495 e. The van der Waals surface area contributed by atoms with E-state index in [0.717, 1.165) is 6.42 Å². The van der Waals surface area contributed by atoms with Crippen LogP contribution < -0.4 is 25.0 Å². The van der Waals surface area contributed by atoms with Gasteiger partial charge in [-0.2, -0.15) is 0 Å². The Morgan fingerprint density at radius 1 is 0.970 bits per heavy atom. The molecule has 0 aliphatic heterocycles. The van der Waals surface area contributed by atoms with E-state index in [9.17, 15) is 9.59 Å². The minimum absolute atomic E-state index is 0.0941. The summed E-state index contributed by atoms with van der Waals surface area (Å²) < 4.78 is 22.1. The summed E-state index contributed by atoms with van der Waals surface area (Å²) in [6.07, 6.45) is 2.20. The molecule has 0 spiro atoms. The van der Waals surface area contributed by atoms with Crippen molar-refractivity contribution in [3.63, 3.8) is 0 Å². The van der Waals surface area contributed by atoms with Crippen molar-refractivity contribution < 1.29 is 23.4 Å². The van der Waals surface area contributed by atoms with Gasteiger partial charge in [-0.1, -0.05) is 31.2 Å². The van der Waals surface area contributed by atoms with Gasteiger partial charge in [0.25, 0.3) is 5.91 Å². The number of hydrogen-bond acceptors (Lipinski definition) is 6. The van der Waals surface area contributed by atoms with Gasteiger partial charge in [-0.25, -0.2) is 0 Å². The second-order valence-electron chi connectivity index (χ2n) is 7.22. The van der Waals surface area contributed by atoms with Crippen LogP contribution in [0.3, 0.4) is 0 Å². The van der Waals surface area contributed by atoms with Crippen LogP contribution in [0.15, 0.2) is 82.2 Å². The maximum atomic E-state index is 12.8. The highest BCUT2D eigenvalue weighted by molar-refractivity contribution is 5.93. The zero-order valence-corrected chi connectivity index (χ0v) is 18.3. The fourth-order valence-electron chi connectivity index (χ4n) is 3.25. The Kier molecular flexibility index (Phi) is 6.59. The predicted octanol–water partition coefficient (Wildman–Crippen LogP) is 5.17. The minimum Gasteiger partial charge on any atom is -0.495 e. The number of nitrogens with one attached hydrogen (secondary N) is 1. The summed E-state index contributed by atoms with van der Waals surface area (Å²) in [5, 5.41) is 3.09. The molecular formula is C26H23NO6. The number of benzene rings is 3. The molecule has 1 aromatic heterocycles. The lowest BCUT2D eigenvalue weighted by Crippen LogP contribution is -2.20. The molecule has 4 rings (SSSR count). The van der Waals surface area contributed by atoms with Gasteiger partial charge in [0.15, 0.2) is 6.61 Å². The van der Waals surface area contributed by atoms with Crippen LogP contribution in [0.25, 0.3) is 11.0 Å². The van der Waals surface area contributed by atoms with Crippen LogP contribution in [-0.2, 0) is 11.2 Å². The quantitative estimate of drug-likeness (QED) is 0.402. The molecule has 0 saturated carbocycles. The highest BCUT2D eigenvalue weighted by atomic mass is 16.5. The lowest BCUT2D eigenvalue weighted by Gasteiger charge is -2.11. The summed E-state index contributed by atoms with van der Waals surface area (Å²) >= 11 is 0. The van der Waals surface area contributed by atoms with Gasteiger partial charge in [0.1, 0.15) is 29.1 Å².